The molecule has 2 saturated heterocycles. The molecule has 0 saturated carbocycles. The van der Waals surface area contributed by atoms with E-state index in [2.05, 4.69) is 20.6 Å². The summed E-state index contributed by atoms with van der Waals surface area (Å²) in [6.45, 7) is 0.910. The highest BCUT2D eigenvalue weighted by Gasteiger charge is 2.41. The number of rotatable bonds is 3. The molecule has 1 aromatic heterocycles. The summed E-state index contributed by atoms with van der Waals surface area (Å²) in [7, 11) is 0. The maximum absolute atomic E-state index is 12.5. The van der Waals surface area contributed by atoms with Crippen LogP contribution in [0.4, 0.5) is 24.7 Å². The summed E-state index contributed by atoms with van der Waals surface area (Å²) in [6.07, 6.45) is -1.32. The van der Waals surface area contributed by atoms with E-state index in [-0.39, 0.29) is 11.9 Å². The zero-order valence-corrected chi connectivity index (χ0v) is 12.5. The zero-order valence-electron chi connectivity index (χ0n) is 12.5. The first-order valence-electron chi connectivity index (χ1n) is 7.64. The van der Waals surface area contributed by atoms with E-state index in [1.165, 1.54) is 0 Å². The predicted octanol–water partition coefficient (Wildman–Crippen LogP) is 3.04. The third-order valence-electron chi connectivity index (χ3n) is 4.28. The van der Waals surface area contributed by atoms with Crippen molar-refractivity contribution in [2.45, 2.75) is 30.8 Å². The largest absolute Gasteiger partial charge is 0.434 e. The quantitative estimate of drug-likeness (QED) is 0.902. The number of hydrogen-bond acceptors (Lipinski definition) is 5. The molecule has 0 amide bonds. The van der Waals surface area contributed by atoms with E-state index < -0.39 is 11.9 Å². The monoisotopic (exact) mass is 336 g/mol. The summed E-state index contributed by atoms with van der Waals surface area (Å²) in [4.78, 5) is 7.12. The second-order valence-electron chi connectivity index (χ2n) is 5.96. The van der Waals surface area contributed by atoms with Crippen LogP contribution in [0.15, 0.2) is 36.7 Å². The standard InChI is InChI=1S/C16H15F3N4O/c17-16(18,19)13-7-22-14(8-21-13)23-10-3-1-9(2-4-10)15-12-5-11(24-15)6-20-12/h1-4,7-8,11-12,15,20H,5-6H2,(H,22,23)/t11-,12?,15+/m1/s1. The number of ether oxygens (including phenoxy) is 1. The molecule has 2 fully saturated rings. The van der Waals surface area contributed by atoms with E-state index in [4.69, 9.17) is 4.74 Å². The van der Waals surface area contributed by atoms with Gasteiger partial charge in [-0.1, -0.05) is 12.1 Å². The van der Waals surface area contributed by atoms with Crippen LogP contribution in [-0.2, 0) is 10.9 Å². The van der Waals surface area contributed by atoms with Crippen molar-refractivity contribution in [3.8, 4) is 0 Å². The molecule has 0 radical (unpaired) electrons. The zero-order chi connectivity index (χ0) is 16.7. The van der Waals surface area contributed by atoms with E-state index in [1.54, 1.807) is 0 Å². The number of nitrogens with zero attached hydrogens (tertiary/aromatic N) is 2. The molecule has 0 aliphatic carbocycles. The van der Waals surface area contributed by atoms with Gasteiger partial charge in [-0.2, -0.15) is 13.2 Å². The number of anilines is 2. The van der Waals surface area contributed by atoms with Gasteiger partial charge in [0.1, 0.15) is 5.82 Å². The molecular weight excluding hydrogens is 321 g/mol. The Morgan fingerprint density at radius 1 is 1.12 bits per heavy atom. The number of nitrogens with one attached hydrogen (secondary N) is 2. The van der Waals surface area contributed by atoms with Gasteiger partial charge in [-0.25, -0.2) is 9.97 Å². The number of alkyl halides is 3. The minimum Gasteiger partial charge on any atom is -0.367 e. The van der Waals surface area contributed by atoms with Crippen molar-refractivity contribution in [1.29, 1.82) is 0 Å². The van der Waals surface area contributed by atoms with Crippen LogP contribution < -0.4 is 10.6 Å². The van der Waals surface area contributed by atoms with Crippen molar-refractivity contribution >= 4 is 11.5 Å². The fraction of sp³-hybridized carbons (Fsp3) is 0.375. The third-order valence-corrected chi connectivity index (χ3v) is 4.28. The lowest BCUT2D eigenvalue weighted by molar-refractivity contribution is -0.141. The Morgan fingerprint density at radius 2 is 1.92 bits per heavy atom. The van der Waals surface area contributed by atoms with E-state index in [0.29, 0.717) is 18.3 Å². The Kier molecular flexibility index (Phi) is 3.65. The summed E-state index contributed by atoms with van der Waals surface area (Å²) in [5, 5.41) is 6.36. The Labute approximate surface area is 136 Å². The summed E-state index contributed by atoms with van der Waals surface area (Å²) < 4.78 is 43.3. The lowest BCUT2D eigenvalue weighted by Crippen LogP contribution is -2.33. The first kappa shape index (κ1) is 15.3. The lowest BCUT2D eigenvalue weighted by atomic mass is 10.0. The van der Waals surface area contributed by atoms with Gasteiger partial charge in [0, 0.05) is 18.3 Å². The molecule has 2 bridgehead atoms. The average molecular weight is 336 g/mol. The van der Waals surface area contributed by atoms with Crippen molar-refractivity contribution in [3.05, 3.63) is 47.9 Å². The molecule has 2 aromatic rings. The molecule has 2 aliphatic heterocycles. The molecule has 126 valence electrons. The van der Waals surface area contributed by atoms with Crippen LogP contribution in [0.1, 0.15) is 23.8 Å². The van der Waals surface area contributed by atoms with Gasteiger partial charge < -0.3 is 15.4 Å². The Bertz CT molecular complexity index is 718. The molecule has 3 heterocycles. The highest BCUT2D eigenvalue weighted by atomic mass is 19.4. The molecule has 2 aliphatic rings. The molecular formula is C16H15F3N4O. The van der Waals surface area contributed by atoms with Crippen molar-refractivity contribution in [2.75, 3.05) is 11.9 Å². The molecule has 2 N–H and O–H groups in total. The molecule has 3 atom stereocenters. The van der Waals surface area contributed by atoms with Crippen molar-refractivity contribution in [1.82, 2.24) is 15.3 Å². The number of benzene rings is 1. The molecule has 24 heavy (non-hydrogen) atoms. The first-order valence-corrected chi connectivity index (χ1v) is 7.64. The highest BCUT2D eigenvalue weighted by molar-refractivity contribution is 5.55. The number of halogens is 3. The van der Waals surface area contributed by atoms with Crippen LogP contribution in [0.25, 0.3) is 0 Å². The average Bonchev–Trinajstić information content (AvgIpc) is 3.18. The van der Waals surface area contributed by atoms with E-state index in [9.17, 15) is 13.2 Å². The smallest absolute Gasteiger partial charge is 0.367 e. The van der Waals surface area contributed by atoms with Crippen LogP contribution >= 0.6 is 0 Å². The summed E-state index contributed by atoms with van der Waals surface area (Å²) in [5.41, 5.74) is 0.798. The molecule has 0 spiro atoms. The highest BCUT2D eigenvalue weighted by Crippen LogP contribution is 2.37. The number of fused-ring (bicyclic) bond motifs is 2. The van der Waals surface area contributed by atoms with Gasteiger partial charge in [-0.15, -0.1) is 0 Å². The van der Waals surface area contributed by atoms with E-state index >= 15 is 0 Å². The van der Waals surface area contributed by atoms with Crippen LogP contribution in [0.2, 0.25) is 0 Å². The fourth-order valence-electron chi connectivity index (χ4n) is 3.12. The second-order valence-corrected chi connectivity index (χ2v) is 5.96. The van der Waals surface area contributed by atoms with Gasteiger partial charge in [-0.05, 0) is 24.1 Å². The number of hydrogen-bond donors (Lipinski definition) is 2. The molecule has 1 aromatic carbocycles. The van der Waals surface area contributed by atoms with Gasteiger partial charge in [0.2, 0.25) is 0 Å². The van der Waals surface area contributed by atoms with Crippen molar-refractivity contribution < 1.29 is 17.9 Å². The molecule has 1 unspecified atom stereocenters. The molecule has 5 nitrogen and oxygen atoms in total. The topological polar surface area (TPSA) is 59.1 Å². The summed E-state index contributed by atoms with van der Waals surface area (Å²) >= 11 is 0. The first-order chi connectivity index (χ1) is 11.5. The van der Waals surface area contributed by atoms with E-state index in [0.717, 1.165) is 30.4 Å². The van der Waals surface area contributed by atoms with Crippen LogP contribution in [0.3, 0.4) is 0 Å². The molecule has 8 heteroatoms. The maximum Gasteiger partial charge on any atom is 0.434 e. The Hall–Kier alpha value is -2.19. The van der Waals surface area contributed by atoms with Crippen LogP contribution in [0.5, 0.6) is 0 Å². The predicted molar refractivity (Wildman–Crippen MR) is 80.8 cm³/mol. The Morgan fingerprint density at radius 3 is 2.46 bits per heavy atom. The van der Waals surface area contributed by atoms with Gasteiger partial charge in [0.05, 0.1) is 24.6 Å². The lowest BCUT2D eigenvalue weighted by Gasteiger charge is -2.23. The minimum absolute atomic E-state index is 0.0589. The maximum atomic E-state index is 12.5. The van der Waals surface area contributed by atoms with Gasteiger partial charge >= 0.3 is 6.18 Å². The number of aromatic nitrogens is 2. The van der Waals surface area contributed by atoms with Gasteiger partial charge in [0.15, 0.2) is 5.69 Å². The number of morpholine rings is 1. The van der Waals surface area contributed by atoms with Crippen molar-refractivity contribution in [3.63, 3.8) is 0 Å². The van der Waals surface area contributed by atoms with Gasteiger partial charge in [0.25, 0.3) is 0 Å². The second kappa shape index (κ2) is 5.71. The summed E-state index contributed by atoms with van der Waals surface area (Å²) in [5.74, 6) is 0.258. The van der Waals surface area contributed by atoms with Crippen LogP contribution in [-0.4, -0.2) is 28.7 Å². The van der Waals surface area contributed by atoms with E-state index in [1.807, 2.05) is 24.3 Å². The molecule has 4 rings (SSSR count). The van der Waals surface area contributed by atoms with Gasteiger partial charge in [-0.3, -0.25) is 0 Å². The summed E-state index contributed by atoms with van der Waals surface area (Å²) in [6, 6.07) is 7.96. The Balaban J connectivity index is 1.44. The fourth-order valence-corrected chi connectivity index (χ4v) is 3.12. The van der Waals surface area contributed by atoms with Crippen molar-refractivity contribution in [2.24, 2.45) is 0 Å². The SMILES string of the molecule is FC(F)(F)c1cnc(Nc2ccc([C@@H]3O[C@H]4CNC3C4)cc2)cn1. The normalized spacial score (nSPS) is 25.9. The van der Waals surface area contributed by atoms with Crippen LogP contribution in [0, 0.1) is 0 Å². The minimum atomic E-state index is -4.48. The third kappa shape index (κ3) is 2.94.